The monoisotopic (exact) mass is 225 g/mol. The minimum absolute atomic E-state index is 0.0399. The maximum absolute atomic E-state index is 11.3. The molecule has 1 heterocycles. The molecule has 0 aliphatic heterocycles. The third kappa shape index (κ3) is 4.02. The molecule has 90 valence electrons. The molecule has 0 radical (unpaired) electrons. The molecule has 0 saturated carbocycles. The topological polar surface area (TPSA) is 67.2 Å². The zero-order valence-corrected chi connectivity index (χ0v) is 10.1. The first-order chi connectivity index (χ1) is 7.63. The van der Waals surface area contributed by atoms with E-state index in [9.17, 15) is 4.79 Å². The Morgan fingerprint density at radius 2 is 2.19 bits per heavy atom. The molecule has 0 spiro atoms. The Morgan fingerprint density at radius 1 is 1.44 bits per heavy atom. The number of nitrogens with zero attached hydrogens (tertiary/aromatic N) is 1. The molecule has 1 aromatic rings. The van der Waals surface area contributed by atoms with Gasteiger partial charge in [0.15, 0.2) is 0 Å². The van der Waals surface area contributed by atoms with E-state index < -0.39 is 0 Å². The van der Waals surface area contributed by atoms with Gasteiger partial charge >= 0.3 is 0 Å². The molecule has 0 saturated heterocycles. The van der Waals surface area contributed by atoms with E-state index in [1.54, 1.807) is 0 Å². The summed E-state index contributed by atoms with van der Waals surface area (Å²) in [6.07, 6.45) is 1.02. The van der Waals surface area contributed by atoms with Crippen LogP contribution in [-0.2, 0) is 11.3 Å². The quantitative estimate of drug-likeness (QED) is 0.706. The first-order valence-electron chi connectivity index (χ1n) is 5.53. The van der Waals surface area contributed by atoms with Gasteiger partial charge in [0.1, 0.15) is 5.76 Å². The van der Waals surface area contributed by atoms with E-state index in [0.717, 1.165) is 24.4 Å². The fourth-order valence-electron chi connectivity index (χ4n) is 1.23. The number of aryl methyl sites for hydroxylation is 2. The van der Waals surface area contributed by atoms with Crippen LogP contribution in [0.15, 0.2) is 4.42 Å². The van der Waals surface area contributed by atoms with Crippen molar-refractivity contribution in [1.82, 2.24) is 15.6 Å². The van der Waals surface area contributed by atoms with Gasteiger partial charge in [-0.3, -0.25) is 4.79 Å². The van der Waals surface area contributed by atoms with Crippen molar-refractivity contribution < 1.29 is 9.21 Å². The molecule has 0 aromatic carbocycles. The van der Waals surface area contributed by atoms with Crippen molar-refractivity contribution in [2.24, 2.45) is 0 Å². The first kappa shape index (κ1) is 12.7. The first-order valence-corrected chi connectivity index (χ1v) is 5.53. The lowest BCUT2D eigenvalue weighted by atomic mass is 10.4. The third-order valence-electron chi connectivity index (χ3n) is 2.22. The van der Waals surface area contributed by atoms with E-state index in [-0.39, 0.29) is 5.91 Å². The molecule has 5 heteroatoms. The highest BCUT2D eigenvalue weighted by atomic mass is 16.4. The summed E-state index contributed by atoms with van der Waals surface area (Å²) >= 11 is 0. The van der Waals surface area contributed by atoms with Gasteiger partial charge in [-0.05, 0) is 26.8 Å². The van der Waals surface area contributed by atoms with Gasteiger partial charge in [-0.2, -0.15) is 0 Å². The molecule has 2 N–H and O–H groups in total. The molecule has 0 atom stereocenters. The molecule has 1 aromatic heterocycles. The zero-order chi connectivity index (χ0) is 12.0. The normalized spacial score (nSPS) is 10.4. The molecule has 0 fully saturated rings. The molecule has 1 rings (SSSR count). The zero-order valence-electron chi connectivity index (χ0n) is 10.1. The summed E-state index contributed by atoms with van der Waals surface area (Å²) in [5, 5.41) is 5.77. The maximum atomic E-state index is 11.3. The second-order valence-electron chi connectivity index (χ2n) is 3.70. The van der Waals surface area contributed by atoms with E-state index in [4.69, 9.17) is 4.42 Å². The summed E-state index contributed by atoms with van der Waals surface area (Å²) in [5.74, 6) is 1.31. The Balaban J connectivity index is 2.26. The van der Waals surface area contributed by atoms with E-state index in [2.05, 4.69) is 22.5 Å². The third-order valence-corrected chi connectivity index (χ3v) is 2.22. The number of hydrogen-bond acceptors (Lipinski definition) is 4. The molecular weight excluding hydrogens is 206 g/mol. The molecule has 16 heavy (non-hydrogen) atoms. The van der Waals surface area contributed by atoms with Crippen molar-refractivity contribution in [2.75, 3.05) is 13.1 Å². The summed E-state index contributed by atoms with van der Waals surface area (Å²) in [6, 6.07) is 0. The number of amides is 1. The van der Waals surface area contributed by atoms with Gasteiger partial charge < -0.3 is 15.1 Å². The maximum Gasteiger partial charge on any atom is 0.234 e. The van der Waals surface area contributed by atoms with Gasteiger partial charge in [-0.1, -0.05) is 6.92 Å². The molecule has 5 nitrogen and oxygen atoms in total. The predicted molar refractivity (Wildman–Crippen MR) is 61.0 cm³/mol. The van der Waals surface area contributed by atoms with E-state index in [1.807, 2.05) is 13.8 Å². The van der Waals surface area contributed by atoms with Crippen molar-refractivity contribution >= 4 is 5.91 Å². The largest absolute Gasteiger partial charge is 0.444 e. The number of carbonyl (C=O) groups is 1. The van der Waals surface area contributed by atoms with Crippen molar-refractivity contribution in [1.29, 1.82) is 0 Å². The summed E-state index contributed by atoms with van der Waals surface area (Å²) < 4.78 is 5.34. The average Bonchev–Trinajstić information content (AvgIpc) is 2.56. The summed E-state index contributed by atoms with van der Waals surface area (Å²) in [5.41, 5.74) is 0.869. The Bertz CT molecular complexity index is 327. The average molecular weight is 225 g/mol. The van der Waals surface area contributed by atoms with Gasteiger partial charge in [-0.15, -0.1) is 0 Å². The number of oxazole rings is 1. The highest BCUT2D eigenvalue weighted by Crippen LogP contribution is 2.07. The standard InChI is InChI=1S/C11H19N3O2/c1-4-5-12-6-10(15)13-7-11-14-8(2)9(3)16-11/h12H,4-7H2,1-3H3,(H,13,15). The van der Waals surface area contributed by atoms with Crippen LogP contribution in [0, 0.1) is 13.8 Å². The Morgan fingerprint density at radius 3 is 2.75 bits per heavy atom. The summed E-state index contributed by atoms with van der Waals surface area (Å²) in [4.78, 5) is 15.5. The molecule has 0 unspecified atom stereocenters. The van der Waals surface area contributed by atoms with Crippen molar-refractivity contribution in [3.8, 4) is 0 Å². The minimum atomic E-state index is -0.0399. The second-order valence-corrected chi connectivity index (χ2v) is 3.70. The van der Waals surface area contributed by atoms with Crippen molar-refractivity contribution in [2.45, 2.75) is 33.7 Å². The van der Waals surface area contributed by atoms with Crippen LogP contribution < -0.4 is 10.6 Å². The molecule has 1 amide bonds. The fraction of sp³-hybridized carbons (Fsp3) is 0.636. The van der Waals surface area contributed by atoms with Crippen LogP contribution in [0.25, 0.3) is 0 Å². The predicted octanol–water partition coefficient (Wildman–Crippen LogP) is 0.907. The highest BCUT2D eigenvalue weighted by molar-refractivity contribution is 5.77. The number of rotatable bonds is 6. The number of aromatic nitrogens is 1. The van der Waals surface area contributed by atoms with Crippen LogP contribution >= 0.6 is 0 Å². The Labute approximate surface area is 95.6 Å². The van der Waals surface area contributed by atoms with Crippen LogP contribution in [-0.4, -0.2) is 24.0 Å². The van der Waals surface area contributed by atoms with Crippen LogP contribution in [0.2, 0.25) is 0 Å². The van der Waals surface area contributed by atoms with Crippen molar-refractivity contribution in [3.63, 3.8) is 0 Å². The second kappa shape index (κ2) is 6.27. The van der Waals surface area contributed by atoms with Gasteiger partial charge in [0.05, 0.1) is 18.8 Å². The SMILES string of the molecule is CCCNCC(=O)NCc1nc(C)c(C)o1. The molecule has 0 bridgehead atoms. The summed E-state index contributed by atoms with van der Waals surface area (Å²) in [6.45, 7) is 7.34. The van der Waals surface area contributed by atoms with Crippen LogP contribution in [0.1, 0.15) is 30.7 Å². The highest BCUT2D eigenvalue weighted by Gasteiger charge is 2.06. The number of hydrogen-bond donors (Lipinski definition) is 2. The molecule has 0 aliphatic rings. The van der Waals surface area contributed by atoms with E-state index in [0.29, 0.717) is 19.0 Å². The lowest BCUT2D eigenvalue weighted by Gasteiger charge is -2.03. The molecule has 0 aliphatic carbocycles. The lowest BCUT2D eigenvalue weighted by molar-refractivity contribution is -0.120. The Kier molecular flexibility index (Phi) is 4.98. The Hall–Kier alpha value is -1.36. The van der Waals surface area contributed by atoms with Gasteiger partial charge in [0.2, 0.25) is 11.8 Å². The van der Waals surface area contributed by atoms with Crippen LogP contribution in [0.5, 0.6) is 0 Å². The van der Waals surface area contributed by atoms with Gasteiger partial charge in [0.25, 0.3) is 0 Å². The van der Waals surface area contributed by atoms with E-state index in [1.165, 1.54) is 0 Å². The number of carbonyl (C=O) groups excluding carboxylic acids is 1. The van der Waals surface area contributed by atoms with Gasteiger partial charge in [0, 0.05) is 0 Å². The molecular formula is C11H19N3O2. The number of nitrogens with one attached hydrogen (secondary N) is 2. The lowest BCUT2D eigenvalue weighted by Crippen LogP contribution is -2.33. The minimum Gasteiger partial charge on any atom is -0.444 e. The summed E-state index contributed by atoms with van der Waals surface area (Å²) in [7, 11) is 0. The fourth-order valence-corrected chi connectivity index (χ4v) is 1.23. The smallest absolute Gasteiger partial charge is 0.234 e. The van der Waals surface area contributed by atoms with Crippen LogP contribution in [0.3, 0.4) is 0 Å². The van der Waals surface area contributed by atoms with Crippen LogP contribution in [0.4, 0.5) is 0 Å². The van der Waals surface area contributed by atoms with Gasteiger partial charge in [-0.25, -0.2) is 4.98 Å². The van der Waals surface area contributed by atoms with Crippen molar-refractivity contribution in [3.05, 3.63) is 17.3 Å². The van der Waals surface area contributed by atoms with E-state index >= 15 is 0 Å².